The molecule has 0 bridgehead atoms. The quantitative estimate of drug-likeness (QED) is 0.125. The van der Waals surface area contributed by atoms with Crippen LogP contribution in [0.5, 0.6) is 0 Å². The Hall–Kier alpha value is -3.75. The van der Waals surface area contributed by atoms with E-state index in [1.54, 1.807) is 0 Å². The SMILES string of the molecule is CC(=O)OC[C@H]1O[C@@H](n2cnc([Se](=O)(=O)c3ccc([N+](=O)[O-])cc3)n2)[C@H](OC(C)=O)[C@@H]1OC(C)=O. The third-order valence-corrected chi connectivity index (χ3v) is 7.96. The third-order valence-electron chi connectivity index (χ3n) is 4.69. The van der Waals surface area contributed by atoms with Crippen LogP contribution in [0, 0.1) is 10.1 Å². The molecule has 1 saturated heterocycles. The Bertz CT molecular complexity index is 1240. The van der Waals surface area contributed by atoms with E-state index in [4.69, 9.17) is 18.9 Å². The molecule has 0 unspecified atom stereocenters. The Labute approximate surface area is 199 Å². The van der Waals surface area contributed by atoms with Crippen LogP contribution in [0.2, 0.25) is 0 Å². The van der Waals surface area contributed by atoms with Crippen LogP contribution in [-0.4, -0.2) is 75.2 Å². The first-order valence-electron chi connectivity index (χ1n) is 9.94. The predicted octanol–water partition coefficient (Wildman–Crippen LogP) is -1.07. The number of nitro benzene ring substituents is 1. The number of hydrogen-bond acceptors (Lipinski definition) is 13. The van der Waals surface area contributed by atoms with E-state index in [2.05, 4.69) is 10.1 Å². The van der Waals surface area contributed by atoms with Crippen LogP contribution >= 0.6 is 0 Å². The van der Waals surface area contributed by atoms with Gasteiger partial charge in [-0.05, 0) is 0 Å². The van der Waals surface area contributed by atoms with E-state index in [0.717, 1.165) is 56.0 Å². The van der Waals surface area contributed by atoms with Gasteiger partial charge < -0.3 is 0 Å². The van der Waals surface area contributed by atoms with Gasteiger partial charge in [-0.1, -0.05) is 0 Å². The molecular formula is C19H20N4O11Se. The van der Waals surface area contributed by atoms with Crippen LogP contribution in [0.25, 0.3) is 0 Å². The second kappa shape index (κ2) is 10.2. The molecule has 188 valence electrons. The number of rotatable bonds is 8. The summed E-state index contributed by atoms with van der Waals surface area (Å²) in [6.45, 7) is 3.03. The monoisotopic (exact) mass is 560 g/mol. The summed E-state index contributed by atoms with van der Waals surface area (Å²) in [4.78, 5) is 48.6. The Morgan fingerprint density at radius 3 is 2.20 bits per heavy atom. The topological polar surface area (TPSA) is 196 Å². The normalized spacial score (nSPS) is 21.8. The van der Waals surface area contributed by atoms with Crippen molar-refractivity contribution in [1.82, 2.24) is 14.8 Å². The molecule has 1 aromatic heterocycles. The van der Waals surface area contributed by atoms with Gasteiger partial charge in [0.05, 0.1) is 0 Å². The molecule has 1 fully saturated rings. The number of non-ortho nitro benzene ring substituents is 1. The van der Waals surface area contributed by atoms with Gasteiger partial charge >= 0.3 is 199 Å². The molecule has 1 aliphatic rings. The van der Waals surface area contributed by atoms with Crippen molar-refractivity contribution in [1.29, 1.82) is 0 Å². The zero-order valence-corrected chi connectivity index (χ0v) is 20.3. The van der Waals surface area contributed by atoms with Crippen molar-refractivity contribution >= 4 is 45.5 Å². The number of carbonyl (C=O) groups excluding carboxylic acids is 3. The average molecular weight is 559 g/mol. The first-order chi connectivity index (χ1) is 16.4. The zero-order chi connectivity index (χ0) is 25.9. The first kappa shape index (κ1) is 25.9. The summed E-state index contributed by atoms with van der Waals surface area (Å²) in [5.74, 6) is -2.12. The summed E-state index contributed by atoms with van der Waals surface area (Å²) < 4.78 is 47.3. The minimum absolute atomic E-state index is 0.223. The van der Waals surface area contributed by atoms with E-state index in [9.17, 15) is 32.2 Å². The third kappa shape index (κ3) is 5.85. The first-order valence-corrected chi connectivity index (χ1v) is 13.0. The maximum atomic E-state index is 13.0. The van der Waals surface area contributed by atoms with Gasteiger partial charge in [0.2, 0.25) is 0 Å². The standard InChI is InChI=1S/C19H20N4O11Se/c1-10(24)31-8-15-16(32-11(2)25)17(33-12(3)26)18(34-15)22-9-20-19(21-22)35(29,30)14-6-4-13(5-7-14)23(27)28/h4-7,9,15-18H,8H2,1-3H3/t15-,16-,17-,18-/m1/s1. The van der Waals surface area contributed by atoms with E-state index in [0.29, 0.717) is 0 Å². The number of nitro groups is 1. The fourth-order valence-corrected chi connectivity index (χ4v) is 5.56. The van der Waals surface area contributed by atoms with Gasteiger partial charge in [0.25, 0.3) is 0 Å². The van der Waals surface area contributed by atoms with E-state index in [1.165, 1.54) is 0 Å². The van der Waals surface area contributed by atoms with Gasteiger partial charge in [-0.2, -0.15) is 0 Å². The van der Waals surface area contributed by atoms with Crippen molar-refractivity contribution in [2.75, 3.05) is 6.61 Å². The second-order valence-corrected chi connectivity index (χ2v) is 11.1. The van der Waals surface area contributed by atoms with Crippen molar-refractivity contribution in [3.63, 3.8) is 0 Å². The molecule has 1 aromatic carbocycles. The number of benzene rings is 1. The van der Waals surface area contributed by atoms with Crippen LogP contribution in [0.4, 0.5) is 5.69 Å². The van der Waals surface area contributed by atoms with Crippen LogP contribution in [-0.2, 0) is 41.0 Å². The molecule has 35 heavy (non-hydrogen) atoms. The number of aromatic nitrogens is 3. The molecule has 15 nitrogen and oxygen atoms in total. The molecule has 0 N–H and O–H groups in total. The van der Waals surface area contributed by atoms with Crippen molar-refractivity contribution in [2.24, 2.45) is 0 Å². The molecule has 1 aliphatic heterocycles. The number of nitrogens with zero attached hydrogens (tertiary/aromatic N) is 4. The van der Waals surface area contributed by atoms with E-state index >= 15 is 0 Å². The van der Waals surface area contributed by atoms with Crippen LogP contribution in [0.3, 0.4) is 0 Å². The number of ether oxygens (including phenoxy) is 4. The van der Waals surface area contributed by atoms with Gasteiger partial charge in [-0.15, -0.1) is 0 Å². The van der Waals surface area contributed by atoms with E-state index in [1.807, 2.05) is 0 Å². The summed E-state index contributed by atoms with van der Waals surface area (Å²) in [7, 11) is 0. The fraction of sp³-hybridized carbons (Fsp3) is 0.421. The second-order valence-electron chi connectivity index (χ2n) is 7.28. The number of carbonyl (C=O) groups is 3. The van der Waals surface area contributed by atoms with Gasteiger partial charge in [0, 0.05) is 0 Å². The van der Waals surface area contributed by atoms with Gasteiger partial charge in [0.1, 0.15) is 0 Å². The van der Waals surface area contributed by atoms with Gasteiger partial charge in [-0.3, -0.25) is 0 Å². The molecule has 3 rings (SSSR count). The van der Waals surface area contributed by atoms with Crippen LogP contribution < -0.4 is 9.18 Å². The molecule has 0 aliphatic carbocycles. The van der Waals surface area contributed by atoms with Crippen molar-refractivity contribution in [3.05, 3.63) is 40.7 Å². The molecule has 2 aromatic rings. The molecule has 0 amide bonds. The summed E-state index contributed by atoms with van der Waals surface area (Å²) in [6, 6.07) is 4.21. The van der Waals surface area contributed by atoms with Gasteiger partial charge in [-0.25, -0.2) is 0 Å². The van der Waals surface area contributed by atoms with Crippen molar-refractivity contribution < 1.29 is 45.9 Å². The molecule has 0 spiro atoms. The molecular weight excluding hydrogens is 539 g/mol. The number of hydrogen-bond donors (Lipinski definition) is 0. The Kier molecular flexibility index (Phi) is 7.57. The summed E-state index contributed by atoms with van der Waals surface area (Å²) >= 11 is -5.19. The molecule has 2 heterocycles. The van der Waals surface area contributed by atoms with E-state index < -0.39 is 64.8 Å². The van der Waals surface area contributed by atoms with Crippen molar-refractivity contribution in [3.8, 4) is 0 Å². The molecule has 4 atom stereocenters. The van der Waals surface area contributed by atoms with Crippen LogP contribution in [0.15, 0.2) is 30.6 Å². The van der Waals surface area contributed by atoms with Gasteiger partial charge in [0.15, 0.2) is 0 Å². The Morgan fingerprint density at radius 1 is 1.06 bits per heavy atom. The summed E-state index contributed by atoms with van der Waals surface area (Å²) in [5.41, 5.74) is -0.293. The summed E-state index contributed by atoms with van der Waals surface area (Å²) in [6.07, 6.45) is -3.81. The maximum absolute atomic E-state index is 13.0. The predicted molar refractivity (Wildman–Crippen MR) is 111 cm³/mol. The average Bonchev–Trinajstić information content (AvgIpc) is 3.38. The molecule has 0 radical (unpaired) electrons. The van der Waals surface area contributed by atoms with Crippen LogP contribution in [0.1, 0.15) is 27.0 Å². The Morgan fingerprint density at radius 2 is 1.66 bits per heavy atom. The number of esters is 3. The fourth-order valence-electron chi connectivity index (χ4n) is 3.26. The Balaban J connectivity index is 1.94. The minimum atomic E-state index is -5.19. The zero-order valence-electron chi connectivity index (χ0n) is 18.6. The molecule has 16 heteroatoms. The summed E-state index contributed by atoms with van der Waals surface area (Å²) in [5, 5.41) is 14.8. The van der Waals surface area contributed by atoms with E-state index in [-0.39, 0.29) is 16.8 Å². The molecule has 0 saturated carbocycles. The van der Waals surface area contributed by atoms with Crippen molar-refractivity contribution in [2.45, 2.75) is 45.3 Å².